The third-order valence-corrected chi connectivity index (χ3v) is 8.05. The van der Waals surface area contributed by atoms with Gasteiger partial charge in [0.25, 0.3) is 0 Å². The van der Waals surface area contributed by atoms with Gasteiger partial charge in [0, 0.05) is 64.0 Å². The van der Waals surface area contributed by atoms with Crippen LogP contribution >= 0.6 is 0 Å². The molecule has 0 aromatic heterocycles. The molecule has 1 N–H and O–H groups in total. The lowest BCUT2D eigenvalue weighted by Crippen LogP contribution is -2.63. The SMILES string of the molecule is Cc1ccc(NC(=O)N2CCN(C(=O)N3CC4CC(C3)[C@H]3CCCC(=O)N3C4)CC2)cc1C. The van der Waals surface area contributed by atoms with E-state index in [-0.39, 0.29) is 12.1 Å². The molecule has 5 amide bonds. The summed E-state index contributed by atoms with van der Waals surface area (Å²) in [7, 11) is 0. The highest BCUT2D eigenvalue weighted by Crippen LogP contribution is 2.38. The molecule has 0 radical (unpaired) electrons. The summed E-state index contributed by atoms with van der Waals surface area (Å²) in [6.45, 7) is 8.55. The number of carbonyl (C=O) groups is 3. The Morgan fingerprint density at radius 2 is 1.70 bits per heavy atom. The fourth-order valence-electron chi connectivity index (χ4n) is 6.09. The van der Waals surface area contributed by atoms with E-state index in [1.54, 1.807) is 4.90 Å². The second-order valence-corrected chi connectivity index (χ2v) is 10.3. The van der Waals surface area contributed by atoms with Crippen LogP contribution in [0.3, 0.4) is 0 Å². The number of piperidine rings is 3. The molecule has 4 heterocycles. The summed E-state index contributed by atoms with van der Waals surface area (Å²) in [6.07, 6.45) is 3.85. The minimum Gasteiger partial charge on any atom is -0.339 e. The van der Waals surface area contributed by atoms with Crippen LogP contribution in [0.1, 0.15) is 36.8 Å². The molecule has 1 aromatic rings. The van der Waals surface area contributed by atoms with Crippen LogP contribution in [-0.4, -0.2) is 89.4 Å². The second kappa shape index (κ2) is 8.88. The standard InChI is InChI=1S/C25H35N5O3/c1-17-6-7-21(12-18(17)2)26-24(32)27-8-10-28(11-9-27)25(33)29-14-19-13-20(16-29)22-4-3-5-23(31)30(22)15-19/h6-7,12,19-20,22H,3-5,8-11,13-16H2,1-2H3,(H,26,32)/t19?,20?,22-/m1/s1. The van der Waals surface area contributed by atoms with E-state index in [4.69, 9.17) is 0 Å². The predicted molar refractivity (Wildman–Crippen MR) is 126 cm³/mol. The highest BCUT2D eigenvalue weighted by Gasteiger charge is 2.45. The number of hydrogen-bond donors (Lipinski definition) is 1. The molecule has 0 spiro atoms. The molecule has 33 heavy (non-hydrogen) atoms. The molecule has 4 aliphatic rings. The third-order valence-electron chi connectivity index (χ3n) is 8.05. The molecule has 2 bridgehead atoms. The van der Waals surface area contributed by atoms with Gasteiger partial charge in [0.2, 0.25) is 5.91 Å². The van der Waals surface area contributed by atoms with Crippen LogP contribution in [-0.2, 0) is 4.79 Å². The summed E-state index contributed by atoms with van der Waals surface area (Å²) in [5.41, 5.74) is 3.15. The minimum atomic E-state index is -0.111. The number of amides is 5. The molecule has 4 fully saturated rings. The van der Waals surface area contributed by atoms with Crippen LogP contribution < -0.4 is 5.32 Å². The van der Waals surface area contributed by atoms with E-state index >= 15 is 0 Å². The van der Waals surface area contributed by atoms with Crippen molar-refractivity contribution < 1.29 is 14.4 Å². The Morgan fingerprint density at radius 1 is 0.939 bits per heavy atom. The first-order valence-corrected chi connectivity index (χ1v) is 12.4. The second-order valence-electron chi connectivity index (χ2n) is 10.3. The lowest BCUT2D eigenvalue weighted by Gasteiger charge is -2.53. The zero-order valence-electron chi connectivity index (χ0n) is 19.8. The van der Waals surface area contributed by atoms with Crippen molar-refractivity contribution in [3.05, 3.63) is 29.3 Å². The van der Waals surface area contributed by atoms with Gasteiger partial charge in [0.1, 0.15) is 0 Å². The van der Waals surface area contributed by atoms with Gasteiger partial charge in [-0.25, -0.2) is 9.59 Å². The molecule has 4 aliphatic heterocycles. The predicted octanol–water partition coefficient (Wildman–Crippen LogP) is 2.91. The quantitative estimate of drug-likeness (QED) is 0.710. The molecule has 2 unspecified atom stereocenters. The monoisotopic (exact) mass is 453 g/mol. The fourth-order valence-corrected chi connectivity index (χ4v) is 6.09. The molecule has 3 atom stereocenters. The van der Waals surface area contributed by atoms with Crippen LogP contribution in [0.25, 0.3) is 0 Å². The van der Waals surface area contributed by atoms with Gasteiger partial charge >= 0.3 is 12.1 Å². The van der Waals surface area contributed by atoms with Gasteiger partial charge in [-0.3, -0.25) is 4.79 Å². The van der Waals surface area contributed by atoms with E-state index < -0.39 is 0 Å². The zero-order chi connectivity index (χ0) is 23.1. The summed E-state index contributed by atoms with van der Waals surface area (Å²) in [5, 5.41) is 2.98. The summed E-state index contributed by atoms with van der Waals surface area (Å²) < 4.78 is 0. The Bertz CT molecular complexity index is 942. The molecule has 0 saturated carbocycles. The van der Waals surface area contributed by atoms with Crippen molar-refractivity contribution >= 4 is 23.7 Å². The van der Waals surface area contributed by atoms with Gasteiger partial charge in [0.05, 0.1) is 0 Å². The van der Waals surface area contributed by atoms with E-state index in [1.165, 1.54) is 5.56 Å². The number of likely N-dealkylation sites (tertiary alicyclic amines) is 1. The lowest BCUT2D eigenvalue weighted by atomic mass is 9.76. The number of benzene rings is 1. The molecular weight excluding hydrogens is 418 g/mol. The molecule has 8 heteroatoms. The van der Waals surface area contributed by atoms with Gasteiger partial charge in [-0.15, -0.1) is 0 Å². The number of hydrogen-bond acceptors (Lipinski definition) is 3. The largest absolute Gasteiger partial charge is 0.339 e. The number of anilines is 1. The first-order chi connectivity index (χ1) is 15.9. The van der Waals surface area contributed by atoms with Crippen LogP contribution in [0.2, 0.25) is 0 Å². The minimum absolute atomic E-state index is 0.0921. The van der Waals surface area contributed by atoms with Crippen LogP contribution in [0.4, 0.5) is 15.3 Å². The van der Waals surface area contributed by atoms with Crippen LogP contribution in [0.15, 0.2) is 18.2 Å². The topological polar surface area (TPSA) is 76.2 Å². The van der Waals surface area contributed by atoms with Crippen molar-refractivity contribution in [3.63, 3.8) is 0 Å². The van der Waals surface area contributed by atoms with Gasteiger partial charge in [-0.1, -0.05) is 6.07 Å². The van der Waals surface area contributed by atoms with E-state index in [0.717, 1.165) is 50.1 Å². The zero-order valence-corrected chi connectivity index (χ0v) is 19.8. The molecule has 4 saturated heterocycles. The first-order valence-electron chi connectivity index (χ1n) is 12.4. The number of piperazine rings is 1. The number of nitrogens with zero attached hydrogens (tertiary/aromatic N) is 4. The number of aryl methyl sites for hydroxylation is 2. The highest BCUT2D eigenvalue weighted by atomic mass is 16.2. The molecular formula is C25H35N5O3. The molecule has 8 nitrogen and oxygen atoms in total. The van der Waals surface area contributed by atoms with Crippen molar-refractivity contribution in [3.8, 4) is 0 Å². The summed E-state index contributed by atoms with van der Waals surface area (Å²) in [4.78, 5) is 46.2. The molecule has 0 aliphatic carbocycles. The van der Waals surface area contributed by atoms with Gasteiger partial charge in [0.15, 0.2) is 0 Å². The van der Waals surface area contributed by atoms with Crippen molar-refractivity contribution in [2.45, 2.75) is 45.6 Å². The fraction of sp³-hybridized carbons (Fsp3) is 0.640. The van der Waals surface area contributed by atoms with E-state index in [1.807, 2.05) is 34.9 Å². The molecule has 5 rings (SSSR count). The summed E-state index contributed by atoms with van der Waals surface area (Å²) in [6, 6.07) is 6.21. The number of carbonyl (C=O) groups excluding carboxylic acids is 3. The summed E-state index contributed by atoms with van der Waals surface area (Å²) >= 11 is 0. The van der Waals surface area contributed by atoms with Crippen molar-refractivity contribution in [1.29, 1.82) is 0 Å². The summed E-state index contributed by atoms with van der Waals surface area (Å²) in [5.74, 6) is 1.09. The Morgan fingerprint density at radius 3 is 2.45 bits per heavy atom. The van der Waals surface area contributed by atoms with E-state index in [2.05, 4.69) is 17.1 Å². The first kappa shape index (κ1) is 22.0. The van der Waals surface area contributed by atoms with Crippen molar-refractivity contribution in [2.24, 2.45) is 11.8 Å². The highest BCUT2D eigenvalue weighted by molar-refractivity contribution is 5.89. The maximum absolute atomic E-state index is 13.3. The number of fused-ring (bicyclic) bond motifs is 4. The Kier molecular flexibility index (Phi) is 5.93. The van der Waals surface area contributed by atoms with Crippen molar-refractivity contribution in [1.82, 2.24) is 19.6 Å². The van der Waals surface area contributed by atoms with Gasteiger partial charge in [-0.05, 0) is 68.2 Å². The smallest absolute Gasteiger partial charge is 0.321 e. The Balaban J connectivity index is 1.14. The Labute approximate surface area is 195 Å². The van der Waals surface area contributed by atoms with Gasteiger partial charge in [-0.2, -0.15) is 0 Å². The van der Waals surface area contributed by atoms with E-state index in [9.17, 15) is 14.4 Å². The third kappa shape index (κ3) is 4.39. The average molecular weight is 454 g/mol. The normalized spacial score (nSPS) is 27.3. The number of rotatable bonds is 1. The number of urea groups is 2. The Hall–Kier alpha value is -2.77. The molecule has 178 valence electrons. The lowest BCUT2D eigenvalue weighted by molar-refractivity contribution is -0.144. The average Bonchev–Trinajstić information content (AvgIpc) is 2.81. The molecule has 1 aromatic carbocycles. The van der Waals surface area contributed by atoms with Crippen LogP contribution in [0, 0.1) is 25.7 Å². The maximum Gasteiger partial charge on any atom is 0.321 e. The number of nitrogens with one attached hydrogen (secondary N) is 1. The van der Waals surface area contributed by atoms with Gasteiger partial charge < -0.3 is 24.9 Å². The maximum atomic E-state index is 13.3. The van der Waals surface area contributed by atoms with Crippen molar-refractivity contribution in [2.75, 3.05) is 51.1 Å². The van der Waals surface area contributed by atoms with E-state index in [0.29, 0.717) is 56.4 Å². The van der Waals surface area contributed by atoms with Crippen LogP contribution in [0.5, 0.6) is 0 Å².